The molecule has 8 aromatic carbocycles. The highest BCUT2D eigenvalue weighted by atomic mass is 16.3. The Balaban J connectivity index is 1.24. The normalized spacial score (nSPS) is 11.8. The van der Waals surface area contributed by atoms with Gasteiger partial charge in [-0.05, 0) is 71.3 Å². The van der Waals surface area contributed by atoms with Crippen LogP contribution in [0.25, 0.3) is 88.1 Å². The largest absolute Gasteiger partial charge is 0.456 e. The second kappa shape index (κ2) is 11.2. The summed E-state index contributed by atoms with van der Waals surface area (Å²) in [4.78, 5) is 2.29. The maximum atomic E-state index is 7.05. The summed E-state index contributed by atoms with van der Waals surface area (Å²) in [6.07, 6.45) is 0. The Morgan fingerprint density at radius 1 is 0.308 bits per heavy atom. The molecule has 0 spiro atoms. The minimum Gasteiger partial charge on any atom is -0.456 e. The van der Waals surface area contributed by atoms with E-state index < -0.39 is 0 Å². The van der Waals surface area contributed by atoms with Crippen molar-refractivity contribution in [3.05, 3.63) is 176 Å². The van der Waals surface area contributed by atoms with E-state index in [4.69, 9.17) is 13.3 Å². The fourth-order valence-corrected chi connectivity index (χ4v) is 7.96. The van der Waals surface area contributed by atoms with E-state index in [1.165, 1.54) is 5.56 Å². The third kappa shape index (κ3) is 4.28. The molecule has 0 saturated heterocycles. The molecule has 0 amide bonds. The molecule has 3 aromatic heterocycles. The molecule has 11 aromatic rings. The van der Waals surface area contributed by atoms with Crippen LogP contribution in [0.3, 0.4) is 0 Å². The first-order valence-corrected chi connectivity index (χ1v) is 17.5. The lowest BCUT2D eigenvalue weighted by atomic mass is 9.95. The van der Waals surface area contributed by atoms with Crippen molar-refractivity contribution < 1.29 is 13.3 Å². The molecule has 0 aliphatic rings. The van der Waals surface area contributed by atoms with E-state index >= 15 is 0 Å². The van der Waals surface area contributed by atoms with Gasteiger partial charge in [0.05, 0.1) is 5.69 Å². The average molecular weight is 668 g/mol. The van der Waals surface area contributed by atoms with E-state index in [0.29, 0.717) is 0 Å². The number of para-hydroxylation sites is 4. The molecule has 244 valence electrons. The molecule has 0 aliphatic carbocycles. The van der Waals surface area contributed by atoms with Gasteiger partial charge >= 0.3 is 0 Å². The standard InChI is InChI=1S/C48H29NO3/c1-3-12-30(13-4-1)31-22-24-33(25-23-31)49(32-14-5-2-6-15-32)39-27-26-35(37-19-11-18-36-34-16-7-9-20-40(34)51-47(36)37)45-46-43(52-48(39)45)29-28-42-44(46)38-17-8-10-21-41(38)50-42/h1-29H. The first-order valence-electron chi connectivity index (χ1n) is 17.5. The zero-order chi connectivity index (χ0) is 34.2. The smallest absolute Gasteiger partial charge is 0.160 e. The number of nitrogens with zero attached hydrogens (tertiary/aromatic N) is 1. The molecule has 3 heterocycles. The third-order valence-electron chi connectivity index (χ3n) is 10.3. The van der Waals surface area contributed by atoms with Crippen LogP contribution in [-0.2, 0) is 0 Å². The number of hydrogen-bond donors (Lipinski definition) is 0. The molecule has 0 atom stereocenters. The summed E-state index contributed by atoms with van der Waals surface area (Å²) < 4.78 is 20.1. The minimum atomic E-state index is 0.786. The lowest BCUT2D eigenvalue weighted by molar-refractivity contribution is 0.663. The molecular weight excluding hydrogens is 639 g/mol. The topological polar surface area (TPSA) is 42.7 Å². The summed E-state index contributed by atoms with van der Waals surface area (Å²) in [6, 6.07) is 61.1. The Bertz CT molecular complexity index is 3110. The Kier molecular flexibility index (Phi) is 6.22. The highest BCUT2D eigenvalue weighted by Crippen LogP contribution is 2.50. The first kappa shape index (κ1) is 28.8. The summed E-state index contributed by atoms with van der Waals surface area (Å²) in [5.74, 6) is 0. The zero-order valence-electron chi connectivity index (χ0n) is 27.9. The summed E-state index contributed by atoms with van der Waals surface area (Å²) in [5.41, 5.74) is 12.4. The summed E-state index contributed by atoms with van der Waals surface area (Å²) in [5, 5.41) is 6.32. The van der Waals surface area contributed by atoms with Gasteiger partial charge in [0, 0.05) is 49.3 Å². The van der Waals surface area contributed by atoms with Crippen LogP contribution in [0.1, 0.15) is 0 Å². The van der Waals surface area contributed by atoms with Crippen molar-refractivity contribution in [2.24, 2.45) is 0 Å². The quantitative estimate of drug-likeness (QED) is 0.183. The van der Waals surface area contributed by atoms with Crippen LogP contribution in [-0.4, -0.2) is 0 Å². The summed E-state index contributed by atoms with van der Waals surface area (Å²) >= 11 is 0. The number of fused-ring (bicyclic) bond motifs is 10. The maximum Gasteiger partial charge on any atom is 0.160 e. The highest BCUT2D eigenvalue weighted by Gasteiger charge is 2.26. The molecule has 4 nitrogen and oxygen atoms in total. The molecule has 0 radical (unpaired) electrons. The average Bonchev–Trinajstić information content (AvgIpc) is 3.91. The van der Waals surface area contributed by atoms with Crippen LogP contribution < -0.4 is 4.90 Å². The van der Waals surface area contributed by atoms with Crippen molar-refractivity contribution in [2.75, 3.05) is 4.90 Å². The van der Waals surface area contributed by atoms with Gasteiger partial charge in [0.1, 0.15) is 27.9 Å². The summed E-state index contributed by atoms with van der Waals surface area (Å²) in [6.45, 7) is 0. The molecule has 11 rings (SSSR count). The SMILES string of the molecule is c1ccc(-c2ccc(N(c3ccccc3)c3ccc(-c4cccc5c4oc4ccccc45)c4c3oc3ccc5oc6ccccc6c5c34)cc2)cc1. The maximum absolute atomic E-state index is 7.05. The van der Waals surface area contributed by atoms with Gasteiger partial charge in [0.25, 0.3) is 0 Å². The Morgan fingerprint density at radius 3 is 1.69 bits per heavy atom. The van der Waals surface area contributed by atoms with Crippen LogP contribution in [0.5, 0.6) is 0 Å². The molecule has 0 fully saturated rings. The fourth-order valence-electron chi connectivity index (χ4n) is 7.96. The van der Waals surface area contributed by atoms with Crippen molar-refractivity contribution in [3.63, 3.8) is 0 Å². The molecule has 0 bridgehead atoms. The van der Waals surface area contributed by atoms with Crippen LogP contribution in [0.15, 0.2) is 189 Å². The van der Waals surface area contributed by atoms with Gasteiger partial charge < -0.3 is 18.2 Å². The number of hydrogen-bond acceptors (Lipinski definition) is 4. The minimum absolute atomic E-state index is 0.786. The van der Waals surface area contributed by atoms with E-state index in [0.717, 1.165) is 99.6 Å². The van der Waals surface area contributed by atoms with Gasteiger partial charge in [-0.2, -0.15) is 0 Å². The Morgan fingerprint density at radius 2 is 0.904 bits per heavy atom. The fraction of sp³-hybridized carbons (Fsp3) is 0. The van der Waals surface area contributed by atoms with Gasteiger partial charge in [-0.15, -0.1) is 0 Å². The predicted octanol–water partition coefficient (Wildman–Crippen LogP) is 14.2. The molecular formula is C48H29NO3. The number of anilines is 3. The van der Waals surface area contributed by atoms with Crippen molar-refractivity contribution in [3.8, 4) is 22.3 Å². The van der Waals surface area contributed by atoms with E-state index in [1.54, 1.807) is 0 Å². The highest BCUT2D eigenvalue weighted by molar-refractivity contribution is 6.30. The third-order valence-corrected chi connectivity index (χ3v) is 10.3. The van der Waals surface area contributed by atoms with Crippen molar-refractivity contribution in [1.29, 1.82) is 0 Å². The molecule has 52 heavy (non-hydrogen) atoms. The molecule has 0 N–H and O–H groups in total. The second-order valence-corrected chi connectivity index (χ2v) is 13.2. The van der Waals surface area contributed by atoms with Crippen LogP contribution in [0.4, 0.5) is 17.1 Å². The number of rotatable bonds is 5. The Labute approximate surface area is 298 Å². The second-order valence-electron chi connectivity index (χ2n) is 13.2. The lowest BCUT2D eigenvalue weighted by Crippen LogP contribution is -2.10. The molecule has 4 heteroatoms. The van der Waals surface area contributed by atoms with Crippen molar-refractivity contribution in [1.82, 2.24) is 0 Å². The first-order chi connectivity index (χ1) is 25.8. The van der Waals surface area contributed by atoms with Gasteiger partial charge in [-0.3, -0.25) is 0 Å². The van der Waals surface area contributed by atoms with E-state index in [9.17, 15) is 0 Å². The Hall–Kier alpha value is -7.04. The molecule has 0 unspecified atom stereocenters. The molecule has 0 saturated carbocycles. The lowest BCUT2D eigenvalue weighted by Gasteiger charge is -2.26. The number of furan rings is 3. The van der Waals surface area contributed by atoms with Crippen molar-refractivity contribution >= 4 is 82.9 Å². The van der Waals surface area contributed by atoms with E-state index in [-0.39, 0.29) is 0 Å². The monoisotopic (exact) mass is 667 g/mol. The van der Waals surface area contributed by atoms with Gasteiger partial charge in [0.2, 0.25) is 0 Å². The predicted molar refractivity (Wildman–Crippen MR) is 214 cm³/mol. The number of benzene rings is 8. The van der Waals surface area contributed by atoms with Crippen molar-refractivity contribution in [2.45, 2.75) is 0 Å². The van der Waals surface area contributed by atoms with Gasteiger partial charge in [-0.1, -0.05) is 121 Å². The van der Waals surface area contributed by atoms with Gasteiger partial charge in [-0.25, -0.2) is 0 Å². The van der Waals surface area contributed by atoms with E-state index in [1.807, 2.05) is 42.5 Å². The zero-order valence-corrected chi connectivity index (χ0v) is 27.9. The van der Waals surface area contributed by atoms with Crippen LogP contribution >= 0.6 is 0 Å². The van der Waals surface area contributed by atoms with Crippen LogP contribution in [0, 0.1) is 0 Å². The van der Waals surface area contributed by atoms with Gasteiger partial charge in [0.15, 0.2) is 5.58 Å². The molecule has 0 aliphatic heterocycles. The van der Waals surface area contributed by atoms with Crippen LogP contribution in [0.2, 0.25) is 0 Å². The summed E-state index contributed by atoms with van der Waals surface area (Å²) in [7, 11) is 0. The van der Waals surface area contributed by atoms with E-state index in [2.05, 4.69) is 138 Å².